The van der Waals surface area contributed by atoms with Gasteiger partial charge in [0, 0.05) is 25.7 Å². The lowest BCUT2D eigenvalue weighted by molar-refractivity contribution is -0.161. The van der Waals surface area contributed by atoms with Crippen molar-refractivity contribution < 1.29 is 80.2 Å². The maximum atomic E-state index is 13.1. The number of ether oxygens (including phenoxy) is 4. The van der Waals surface area contributed by atoms with E-state index in [2.05, 4.69) is 198 Å². The highest BCUT2D eigenvalue weighted by atomic mass is 31.2. The summed E-state index contributed by atoms with van der Waals surface area (Å²) in [6, 6.07) is 0. The molecule has 0 bridgehead atoms. The van der Waals surface area contributed by atoms with Crippen molar-refractivity contribution in [2.24, 2.45) is 0 Å². The number of aliphatic hydroxyl groups is 1. The monoisotopic (exact) mass is 1460 g/mol. The molecule has 17 nitrogen and oxygen atoms in total. The third-order valence-electron chi connectivity index (χ3n) is 15.1. The first kappa shape index (κ1) is 96.4. The van der Waals surface area contributed by atoms with Gasteiger partial charge in [-0.25, -0.2) is 9.13 Å². The van der Waals surface area contributed by atoms with Crippen LogP contribution in [0.2, 0.25) is 0 Å². The van der Waals surface area contributed by atoms with Crippen LogP contribution in [-0.2, 0) is 65.4 Å². The van der Waals surface area contributed by atoms with Crippen LogP contribution in [0.4, 0.5) is 0 Å². The van der Waals surface area contributed by atoms with Gasteiger partial charge in [0.25, 0.3) is 0 Å². The number of rotatable bonds is 70. The normalized spacial score (nSPS) is 14.9. The van der Waals surface area contributed by atoms with Gasteiger partial charge in [0.1, 0.15) is 19.3 Å². The predicted molar refractivity (Wildman–Crippen MR) is 417 cm³/mol. The zero-order valence-corrected chi connectivity index (χ0v) is 64.8. The van der Waals surface area contributed by atoms with Gasteiger partial charge in [0.2, 0.25) is 0 Å². The Bertz CT molecular complexity index is 2600. The number of hydrogen-bond acceptors (Lipinski definition) is 15. The fourth-order valence-corrected chi connectivity index (χ4v) is 11.0. The molecule has 0 radical (unpaired) electrons. The summed E-state index contributed by atoms with van der Waals surface area (Å²) in [6.45, 7) is 4.32. The Morgan fingerprint density at radius 2 is 0.510 bits per heavy atom. The van der Waals surface area contributed by atoms with E-state index >= 15 is 0 Å². The molecule has 102 heavy (non-hydrogen) atoms. The van der Waals surface area contributed by atoms with Crippen molar-refractivity contribution in [3.63, 3.8) is 0 Å². The summed E-state index contributed by atoms with van der Waals surface area (Å²) in [7, 11) is -10.00. The largest absolute Gasteiger partial charge is 0.472 e. The lowest BCUT2D eigenvalue weighted by atomic mass is 10.1. The average Bonchev–Trinajstić information content (AvgIpc) is 0.959. The van der Waals surface area contributed by atoms with Gasteiger partial charge in [-0.2, -0.15) is 0 Å². The molecule has 0 aromatic carbocycles. The Labute approximate surface area is 616 Å². The molecule has 0 amide bonds. The number of esters is 4. The lowest BCUT2D eigenvalue weighted by Gasteiger charge is -2.21. The zero-order valence-electron chi connectivity index (χ0n) is 63.0. The molecule has 0 aromatic heterocycles. The first-order valence-corrected chi connectivity index (χ1v) is 41.4. The second-order valence-electron chi connectivity index (χ2n) is 24.8. The predicted octanol–water partition coefficient (Wildman–Crippen LogP) is 22.2. The summed E-state index contributed by atoms with van der Waals surface area (Å²) < 4.78 is 68.4. The molecule has 0 rings (SSSR count). The SMILES string of the molecule is CC/C=C\C/C=C\C/C=C\C/C=C\CCCCCCC(=O)OCC(COP(=O)(O)OCC(O)COP(=O)(O)OCC(COC(=O)CCCC/C=C\C/C=C\C/C=C\C/C=C\CC)OC(=O)CCCCCCC/C=C\C/C=C\CCC)OC(=O)CCCCCC/C=C\C/C=C\C/C=C\C/C=C\CC. The fraction of sp³-hybridized carbons (Fsp3) is 0.614. The number of carbonyl (C=O) groups excluding carboxylic acids is 4. The van der Waals surface area contributed by atoms with Gasteiger partial charge in [0.15, 0.2) is 12.2 Å². The Kier molecular flexibility index (Phi) is 69.7. The summed E-state index contributed by atoms with van der Waals surface area (Å²) in [5, 5.41) is 10.6. The number of allylic oxidation sites excluding steroid dienone is 28. The molecular formula is C83H134O17P2. The van der Waals surface area contributed by atoms with Crippen molar-refractivity contribution in [1.29, 1.82) is 0 Å². The smallest absolute Gasteiger partial charge is 0.462 e. The maximum Gasteiger partial charge on any atom is 0.472 e. The van der Waals surface area contributed by atoms with Crippen molar-refractivity contribution in [2.75, 3.05) is 39.6 Å². The minimum Gasteiger partial charge on any atom is -0.462 e. The second kappa shape index (κ2) is 73.7. The van der Waals surface area contributed by atoms with Crippen LogP contribution >= 0.6 is 15.6 Å². The van der Waals surface area contributed by atoms with E-state index < -0.39 is 97.5 Å². The Morgan fingerprint density at radius 1 is 0.284 bits per heavy atom. The van der Waals surface area contributed by atoms with Gasteiger partial charge in [-0.1, -0.05) is 249 Å². The van der Waals surface area contributed by atoms with Crippen molar-refractivity contribution in [2.45, 2.75) is 290 Å². The average molecular weight is 1470 g/mol. The zero-order chi connectivity index (χ0) is 74.6. The molecule has 0 aliphatic carbocycles. The minimum atomic E-state index is -5.00. The molecule has 578 valence electrons. The van der Waals surface area contributed by atoms with Crippen molar-refractivity contribution >= 4 is 39.5 Å². The number of carbonyl (C=O) groups is 4. The topological polar surface area (TPSA) is 237 Å². The van der Waals surface area contributed by atoms with E-state index in [0.29, 0.717) is 25.7 Å². The van der Waals surface area contributed by atoms with Gasteiger partial charge >= 0.3 is 39.5 Å². The first-order valence-electron chi connectivity index (χ1n) is 38.4. The van der Waals surface area contributed by atoms with Crippen LogP contribution in [0.1, 0.15) is 272 Å². The van der Waals surface area contributed by atoms with Gasteiger partial charge in [-0.3, -0.25) is 37.3 Å². The Balaban J connectivity index is 5.46. The van der Waals surface area contributed by atoms with Crippen LogP contribution in [0.5, 0.6) is 0 Å². The molecule has 0 spiro atoms. The Morgan fingerprint density at radius 3 is 0.804 bits per heavy atom. The molecule has 0 saturated carbocycles. The van der Waals surface area contributed by atoms with Crippen LogP contribution in [0.3, 0.4) is 0 Å². The summed E-state index contributed by atoms with van der Waals surface area (Å²) in [6.07, 6.45) is 86.3. The van der Waals surface area contributed by atoms with Crippen LogP contribution in [0, 0.1) is 0 Å². The van der Waals surface area contributed by atoms with Gasteiger partial charge in [-0.05, 0) is 167 Å². The first-order chi connectivity index (χ1) is 49.7. The summed E-state index contributed by atoms with van der Waals surface area (Å²) in [5.74, 6) is -2.31. The third kappa shape index (κ3) is 72.8. The lowest BCUT2D eigenvalue weighted by Crippen LogP contribution is -2.30. The second-order valence-corrected chi connectivity index (χ2v) is 27.7. The van der Waals surface area contributed by atoms with E-state index in [4.69, 9.17) is 37.0 Å². The highest BCUT2D eigenvalue weighted by Crippen LogP contribution is 2.45. The van der Waals surface area contributed by atoms with E-state index in [1.54, 1.807) is 0 Å². The van der Waals surface area contributed by atoms with E-state index in [-0.39, 0.29) is 25.7 Å². The van der Waals surface area contributed by atoms with E-state index in [1.807, 2.05) is 0 Å². The summed E-state index contributed by atoms with van der Waals surface area (Å²) in [5.41, 5.74) is 0. The Hall–Kier alpha value is -5.58. The molecule has 3 N–H and O–H groups in total. The highest BCUT2D eigenvalue weighted by molar-refractivity contribution is 7.47. The van der Waals surface area contributed by atoms with Gasteiger partial charge in [-0.15, -0.1) is 0 Å². The maximum absolute atomic E-state index is 13.1. The van der Waals surface area contributed by atoms with Gasteiger partial charge in [0.05, 0.1) is 26.4 Å². The number of unbranched alkanes of at least 4 members (excludes halogenated alkanes) is 16. The molecule has 0 heterocycles. The van der Waals surface area contributed by atoms with Crippen LogP contribution < -0.4 is 0 Å². The molecule has 0 saturated heterocycles. The summed E-state index contributed by atoms with van der Waals surface area (Å²) in [4.78, 5) is 72.9. The van der Waals surface area contributed by atoms with Crippen molar-refractivity contribution in [1.82, 2.24) is 0 Å². The standard InChI is InChI=1S/C83H134O17P2/c1-5-9-13-17-21-25-29-33-36-38-41-45-48-52-56-60-64-68-81(86)94-74-79(100-83(88)70-66-62-58-54-50-46-42-39-37-34-30-26-22-18-14-10-6-2)76-98-102(91,92)96-72-77(84)71-95-101(89,90)97-75-78(99-82(87)69-65-61-57-53-49-43-32-28-24-20-16-12-8-4)73-93-80(85)67-63-59-55-51-47-44-40-35-31-27-23-19-15-11-7-3/h9-11,13-16,20-23,25-28,32-37,40-42,45-47,51,77-79,84H,5-8,12,17-19,24,29-31,38-39,43-44,48-50,52-76H2,1-4H3,(H,89,90)(H,91,92)/b13-9-,14-10-,15-11-,20-16-,25-21-,26-22-,27-23-,32-28-,36-33-,37-34-,40-35-,45-41-,46-42-,51-47-. The molecule has 0 fully saturated rings. The quantitative estimate of drug-likeness (QED) is 0.0169. The van der Waals surface area contributed by atoms with E-state index in [9.17, 15) is 43.2 Å². The molecule has 0 aliphatic heterocycles. The molecule has 0 aromatic rings. The van der Waals surface area contributed by atoms with Crippen molar-refractivity contribution in [3.8, 4) is 0 Å². The molecule has 19 heteroatoms. The van der Waals surface area contributed by atoms with E-state index in [1.165, 1.54) is 0 Å². The number of aliphatic hydroxyl groups excluding tert-OH is 1. The molecular weight excluding hydrogens is 1330 g/mol. The highest BCUT2D eigenvalue weighted by Gasteiger charge is 2.30. The fourth-order valence-electron chi connectivity index (χ4n) is 9.41. The third-order valence-corrected chi connectivity index (χ3v) is 17.0. The minimum absolute atomic E-state index is 0.0536. The van der Waals surface area contributed by atoms with Crippen LogP contribution in [-0.4, -0.2) is 96.7 Å². The molecule has 5 unspecified atom stereocenters. The van der Waals surface area contributed by atoms with Gasteiger partial charge < -0.3 is 33.8 Å². The molecule has 0 aliphatic rings. The van der Waals surface area contributed by atoms with Crippen molar-refractivity contribution in [3.05, 3.63) is 170 Å². The molecule has 5 atom stereocenters. The van der Waals surface area contributed by atoms with Crippen LogP contribution in [0.25, 0.3) is 0 Å². The van der Waals surface area contributed by atoms with E-state index in [0.717, 1.165) is 193 Å². The number of hydrogen-bond donors (Lipinski definition) is 3. The summed E-state index contributed by atoms with van der Waals surface area (Å²) >= 11 is 0. The number of phosphoric ester groups is 2. The number of phosphoric acid groups is 2. The van der Waals surface area contributed by atoms with Crippen LogP contribution in [0.15, 0.2) is 170 Å².